The third-order valence-corrected chi connectivity index (χ3v) is 4.53. The van der Waals surface area contributed by atoms with Crippen LogP contribution in [0.1, 0.15) is 29.8 Å². The third kappa shape index (κ3) is 4.43. The van der Waals surface area contributed by atoms with Gasteiger partial charge in [0.25, 0.3) is 5.91 Å². The number of hydrogen-bond acceptors (Lipinski definition) is 2. The van der Waals surface area contributed by atoms with E-state index in [2.05, 4.69) is 10.6 Å². The fourth-order valence-corrected chi connectivity index (χ4v) is 2.78. The van der Waals surface area contributed by atoms with Crippen molar-refractivity contribution >= 4 is 23.2 Å². The van der Waals surface area contributed by atoms with E-state index in [0.717, 1.165) is 5.56 Å². The second-order valence-electron chi connectivity index (χ2n) is 6.99. The summed E-state index contributed by atoms with van der Waals surface area (Å²) in [7, 11) is 0. The average Bonchev–Trinajstić information content (AvgIpc) is 2.69. The molecule has 0 aliphatic carbocycles. The maximum Gasteiger partial charge on any atom is 0.255 e. The van der Waals surface area contributed by atoms with Crippen molar-refractivity contribution in [2.75, 3.05) is 10.6 Å². The lowest BCUT2D eigenvalue weighted by atomic mass is 9.83. The summed E-state index contributed by atoms with van der Waals surface area (Å²) in [5.74, 6) is -0.993. The van der Waals surface area contributed by atoms with Crippen molar-refractivity contribution in [2.24, 2.45) is 0 Å². The molecule has 4 nitrogen and oxygen atoms in total. The number of halogens is 1. The Balaban J connectivity index is 1.74. The van der Waals surface area contributed by atoms with E-state index in [1.54, 1.807) is 30.3 Å². The van der Waals surface area contributed by atoms with Crippen LogP contribution < -0.4 is 10.6 Å². The third-order valence-electron chi connectivity index (χ3n) is 4.53. The van der Waals surface area contributed by atoms with Crippen molar-refractivity contribution in [3.63, 3.8) is 0 Å². The number of nitrogens with one attached hydrogen (secondary N) is 2. The first kappa shape index (κ1) is 19.3. The molecule has 2 N–H and O–H groups in total. The van der Waals surface area contributed by atoms with Crippen molar-refractivity contribution < 1.29 is 14.0 Å². The fourth-order valence-electron chi connectivity index (χ4n) is 2.78. The van der Waals surface area contributed by atoms with E-state index in [1.165, 1.54) is 18.2 Å². The molecule has 0 spiro atoms. The zero-order chi connectivity index (χ0) is 20.1. The minimum absolute atomic E-state index is 0.179. The SMILES string of the molecule is CC(C)(C(=O)Nc1cccc(C(=O)Nc2cccc(F)c2)c1)c1ccccc1. The second kappa shape index (κ2) is 8.05. The van der Waals surface area contributed by atoms with Crippen molar-refractivity contribution in [1.82, 2.24) is 0 Å². The van der Waals surface area contributed by atoms with Gasteiger partial charge in [0, 0.05) is 16.9 Å². The largest absolute Gasteiger partial charge is 0.325 e. The molecule has 0 aliphatic rings. The van der Waals surface area contributed by atoms with E-state index < -0.39 is 11.2 Å². The van der Waals surface area contributed by atoms with Crippen LogP contribution >= 0.6 is 0 Å². The highest BCUT2D eigenvalue weighted by Crippen LogP contribution is 2.25. The number of anilines is 2. The zero-order valence-electron chi connectivity index (χ0n) is 15.7. The summed E-state index contributed by atoms with van der Waals surface area (Å²) in [6, 6.07) is 21.8. The van der Waals surface area contributed by atoms with Gasteiger partial charge in [-0.1, -0.05) is 42.5 Å². The number of benzene rings is 3. The molecule has 0 unspecified atom stereocenters. The fraction of sp³-hybridized carbons (Fsp3) is 0.130. The van der Waals surface area contributed by atoms with Gasteiger partial charge in [-0.3, -0.25) is 9.59 Å². The predicted octanol–water partition coefficient (Wildman–Crippen LogP) is 4.99. The Morgan fingerprint density at radius 1 is 0.786 bits per heavy atom. The summed E-state index contributed by atoms with van der Waals surface area (Å²) in [5.41, 5.74) is 1.40. The minimum Gasteiger partial charge on any atom is -0.325 e. The number of rotatable bonds is 5. The highest BCUT2D eigenvalue weighted by molar-refractivity contribution is 6.06. The number of hydrogen-bond donors (Lipinski definition) is 2. The van der Waals surface area contributed by atoms with Gasteiger partial charge in [0.05, 0.1) is 5.41 Å². The van der Waals surface area contributed by atoms with Crippen LogP contribution in [0.4, 0.5) is 15.8 Å². The molecule has 28 heavy (non-hydrogen) atoms. The molecular weight excluding hydrogens is 355 g/mol. The molecule has 0 radical (unpaired) electrons. The van der Waals surface area contributed by atoms with Crippen LogP contribution in [-0.2, 0) is 10.2 Å². The Bertz CT molecular complexity index is 1000. The summed E-state index contributed by atoms with van der Waals surface area (Å²) >= 11 is 0. The van der Waals surface area contributed by atoms with Gasteiger partial charge in [0.15, 0.2) is 0 Å². The Labute approximate surface area is 163 Å². The standard InChI is InChI=1S/C23H21FN2O2/c1-23(2,17-9-4-3-5-10-17)22(28)26-19-12-6-8-16(14-19)21(27)25-20-13-7-11-18(24)15-20/h3-15H,1-2H3,(H,25,27)(H,26,28). The van der Waals surface area contributed by atoms with Gasteiger partial charge in [-0.25, -0.2) is 4.39 Å². The summed E-state index contributed by atoms with van der Waals surface area (Å²) < 4.78 is 13.3. The van der Waals surface area contributed by atoms with Gasteiger partial charge >= 0.3 is 0 Å². The van der Waals surface area contributed by atoms with E-state index in [1.807, 2.05) is 44.2 Å². The second-order valence-corrected chi connectivity index (χ2v) is 6.99. The first-order chi connectivity index (χ1) is 13.4. The van der Waals surface area contributed by atoms with E-state index in [9.17, 15) is 14.0 Å². The summed E-state index contributed by atoms with van der Waals surface area (Å²) in [6.45, 7) is 3.69. The van der Waals surface area contributed by atoms with Gasteiger partial charge in [-0.05, 0) is 55.8 Å². The van der Waals surface area contributed by atoms with Crippen LogP contribution in [0, 0.1) is 5.82 Å². The Kier molecular flexibility index (Phi) is 5.54. The van der Waals surface area contributed by atoms with Gasteiger partial charge in [0.1, 0.15) is 5.82 Å². The Hall–Kier alpha value is -3.47. The average molecular weight is 376 g/mol. The molecule has 0 aliphatic heterocycles. The lowest BCUT2D eigenvalue weighted by molar-refractivity contribution is -0.120. The molecule has 0 saturated carbocycles. The minimum atomic E-state index is -0.735. The molecule has 0 bridgehead atoms. The molecular formula is C23H21FN2O2. The predicted molar refractivity (Wildman–Crippen MR) is 109 cm³/mol. The van der Waals surface area contributed by atoms with E-state index in [0.29, 0.717) is 16.9 Å². The Morgan fingerprint density at radius 2 is 1.43 bits per heavy atom. The molecule has 142 valence electrons. The molecule has 3 rings (SSSR count). The normalized spacial score (nSPS) is 11.0. The molecule has 3 aromatic carbocycles. The maximum absolute atomic E-state index is 13.3. The summed E-state index contributed by atoms with van der Waals surface area (Å²) in [4.78, 5) is 25.2. The van der Waals surface area contributed by atoms with Crippen LogP contribution in [-0.4, -0.2) is 11.8 Å². The van der Waals surface area contributed by atoms with Gasteiger partial charge < -0.3 is 10.6 Å². The number of carbonyl (C=O) groups is 2. The first-order valence-electron chi connectivity index (χ1n) is 8.90. The van der Waals surface area contributed by atoms with Crippen molar-refractivity contribution in [3.8, 4) is 0 Å². The lowest BCUT2D eigenvalue weighted by Gasteiger charge is -2.24. The monoisotopic (exact) mass is 376 g/mol. The van der Waals surface area contributed by atoms with Gasteiger partial charge in [0.2, 0.25) is 5.91 Å². The topological polar surface area (TPSA) is 58.2 Å². The highest BCUT2D eigenvalue weighted by Gasteiger charge is 2.29. The van der Waals surface area contributed by atoms with E-state index >= 15 is 0 Å². The molecule has 0 fully saturated rings. The van der Waals surface area contributed by atoms with Crippen LogP contribution in [0.5, 0.6) is 0 Å². The van der Waals surface area contributed by atoms with Crippen LogP contribution in [0.25, 0.3) is 0 Å². The molecule has 0 heterocycles. The molecule has 0 aromatic heterocycles. The summed E-state index contributed by atoms with van der Waals surface area (Å²) in [5, 5.41) is 5.51. The van der Waals surface area contributed by atoms with Gasteiger partial charge in [-0.15, -0.1) is 0 Å². The van der Waals surface area contributed by atoms with Crippen molar-refractivity contribution in [1.29, 1.82) is 0 Å². The molecule has 2 amide bonds. The number of carbonyl (C=O) groups excluding carboxylic acids is 2. The van der Waals surface area contributed by atoms with Crippen LogP contribution in [0.15, 0.2) is 78.9 Å². The van der Waals surface area contributed by atoms with E-state index in [-0.39, 0.29) is 11.8 Å². The van der Waals surface area contributed by atoms with Crippen LogP contribution in [0.3, 0.4) is 0 Å². The van der Waals surface area contributed by atoms with Crippen molar-refractivity contribution in [2.45, 2.75) is 19.3 Å². The highest BCUT2D eigenvalue weighted by atomic mass is 19.1. The number of amides is 2. The summed E-state index contributed by atoms with van der Waals surface area (Å²) in [6.07, 6.45) is 0. The van der Waals surface area contributed by atoms with E-state index in [4.69, 9.17) is 0 Å². The first-order valence-corrected chi connectivity index (χ1v) is 8.90. The smallest absolute Gasteiger partial charge is 0.255 e. The Morgan fingerprint density at radius 3 is 2.11 bits per heavy atom. The van der Waals surface area contributed by atoms with Crippen LogP contribution in [0.2, 0.25) is 0 Å². The molecule has 0 atom stereocenters. The molecule has 3 aromatic rings. The lowest BCUT2D eigenvalue weighted by Crippen LogP contribution is -2.34. The quantitative estimate of drug-likeness (QED) is 0.659. The molecule has 5 heteroatoms. The maximum atomic E-state index is 13.3. The van der Waals surface area contributed by atoms with Crippen molar-refractivity contribution in [3.05, 3.63) is 95.8 Å². The molecule has 0 saturated heterocycles. The zero-order valence-corrected chi connectivity index (χ0v) is 15.7. The van der Waals surface area contributed by atoms with Gasteiger partial charge in [-0.2, -0.15) is 0 Å².